The van der Waals surface area contributed by atoms with E-state index in [0.717, 1.165) is 19.4 Å². The molecule has 0 aromatic heterocycles. The highest BCUT2D eigenvalue weighted by atomic mass is 16.4. The molecule has 1 fully saturated rings. The molecule has 2 atom stereocenters. The molecule has 0 spiro atoms. The van der Waals surface area contributed by atoms with Crippen molar-refractivity contribution >= 4 is 11.9 Å². The number of rotatable bonds is 2. The Morgan fingerprint density at radius 3 is 2.65 bits per heavy atom. The van der Waals surface area contributed by atoms with Crippen LogP contribution in [0.1, 0.15) is 32.6 Å². The minimum atomic E-state index is -0.755. The molecular weight excluding hydrogens is 218 g/mol. The van der Waals surface area contributed by atoms with Crippen molar-refractivity contribution < 1.29 is 14.7 Å². The van der Waals surface area contributed by atoms with E-state index in [0.29, 0.717) is 19.4 Å². The van der Waals surface area contributed by atoms with Crippen molar-refractivity contribution in [2.45, 2.75) is 32.6 Å². The van der Waals surface area contributed by atoms with Gasteiger partial charge in [-0.25, -0.2) is 0 Å². The number of amides is 1. The molecule has 0 bridgehead atoms. The molecule has 1 saturated carbocycles. The van der Waals surface area contributed by atoms with Crippen molar-refractivity contribution in [3.05, 3.63) is 11.6 Å². The molecule has 1 heterocycles. The summed E-state index contributed by atoms with van der Waals surface area (Å²) in [5, 5.41) is 8.93. The second-order valence-corrected chi connectivity index (χ2v) is 5.14. The maximum Gasteiger partial charge on any atom is 0.306 e. The second-order valence-electron chi connectivity index (χ2n) is 5.14. The zero-order valence-corrected chi connectivity index (χ0v) is 10.2. The molecule has 2 rings (SSSR count). The average Bonchev–Trinajstić information content (AvgIpc) is 2.77. The lowest BCUT2D eigenvalue weighted by molar-refractivity contribution is -0.141. The first kappa shape index (κ1) is 12.1. The van der Waals surface area contributed by atoms with Gasteiger partial charge in [-0.1, -0.05) is 11.6 Å². The van der Waals surface area contributed by atoms with Gasteiger partial charge in [0.05, 0.1) is 5.92 Å². The van der Waals surface area contributed by atoms with Crippen LogP contribution < -0.4 is 0 Å². The first-order chi connectivity index (χ1) is 8.08. The van der Waals surface area contributed by atoms with Gasteiger partial charge in [0.1, 0.15) is 0 Å². The lowest BCUT2D eigenvalue weighted by Gasteiger charge is -2.28. The molecule has 1 aliphatic heterocycles. The summed E-state index contributed by atoms with van der Waals surface area (Å²) in [6, 6.07) is 0. The third kappa shape index (κ3) is 2.68. The van der Waals surface area contributed by atoms with Crippen LogP contribution >= 0.6 is 0 Å². The quantitative estimate of drug-likeness (QED) is 0.743. The molecule has 1 amide bonds. The van der Waals surface area contributed by atoms with Crippen LogP contribution in [0.2, 0.25) is 0 Å². The van der Waals surface area contributed by atoms with Crippen LogP contribution in [0.4, 0.5) is 0 Å². The fourth-order valence-corrected chi connectivity index (χ4v) is 2.79. The van der Waals surface area contributed by atoms with Gasteiger partial charge in [-0.2, -0.15) is 0 Å². The largest absolute Gasteiger partial charge is 0.481 e. The maximum atomic E-state index is 12.2. The monoisotopic (exact) mass is 237 g/mol. The minimum Gasteiger partial charge on any atom is -0.481 e. The van der Waals surface area contributed by atoms with Gasteiger partial charge < -0.3 is 10.0 Å². The molecule has 0 aromatic rings. The smallest absolute Gasteiger partial charge is 0.306 e. The molecule has 17 heavy (non-hydrogen) atoms. The van der Waals surface area contributed by atoms with Gasteiger partial charge in [-0.05, 0) is 32.6 Å². The van der Waals surface area contributed by atoms with Crippen molar-refractivity contribution in [2.75, 3.05) is 13.1 Å². The lowest BCUT2D eigenvalue weighted by Crippen LogP contribution is -2.39. The Labute approximate surface area is 101 Å². The van der Waals surface area contributed by atoms with Gasteiger partial charge in [-0.15, -0.1) is 0 Å². The molecule has 1 N–H and O–H groups in total. The Morgan fingerprint density at radius 1 is 1.35 bits per heavy atom. The van der Waals surface area contributed by atoms with E-state index < -0.39 is 5.97 Å². The summed E-state index contributed by atoms with van der Waals surface area (Å²) in [6.07, 6.45) is 4.99. The van der Waals surface area contributed by atoms with Crippen LogP contribution in [-0.2, 0) is 9.59 Å². The first-order valence-corrected chi connectivity index (χ1v) is 6.25. The van der Waals surface area contributed by atoms with E-state index in [2.05, 4.69) is 6.08 Å². The highest BCUT2D eigenvalue weighted by Crippen LogP contribution is 2.32. The van der Waals surface area contributed by atoms with E-state index >= 15 is 0 Å². The third-order valence-electron chi connectivity index (χ3n) is 3.77. The van der Waals surface area contributed by atoms with Gasteiger partial charge in [0.2, 0.25) is 5.91 Å². The fourth-order valence-electron chi connectivity index (χ4n) is 2.79. The van der Waals surface area contributed by atoms with E-state index in [4.69, 9.17) is 5.11 Å². The Kier molecular flexibility index (Phi) is 3.50. The van der Waals surface area contributed by atoms with E-state index in [9.17, 15) is 9.59 Å². The summed E-state index contributed by atoms with van der Waals surface area (Å²) in [5.41, 5.74) is 1.23. The molecule has 4 nitrogen and oxygen atoms in total. The Morgan fingerprint density at radius 2 is 2.06 bits per heavy atom. The van der Waals surface area contributed by atoms with Gasteiger partial charge in [-0.3, -0.25) is 9.59 Å². The van der Waals surface area contributed by atoms with Crippen molar-refractivity contribution in [2.24, 2.45) is 11.8 Å². The van der Waals surface area contributed by atoms with Crippen LogP contribution in [0.5, 0.6) is 0 Å². The molecule has 4 heteroatoms. The summed E-state index contributed by atoms with van der Waals surface area (Å²) in [6.45, 7) is 3.53. The molecule has 0 saturated heterocycles. The fraction of sp³-hybridized carbons (Fsp3) is 0.692. The van der Waals surface area contributed by atoms with Crippen molar-refractivity contribution in [3.63, 3.8) is 0 Å². The van der Waals surface area contributed by atoms with Crippen LogP contribution in [0.25, 0.3) is 0 Å². The maximum absolute atomic E-state index is 12.2. The van der Waals surface area contributed by atoms with Crippen LogP contribution in [-0.4, -0.2) is 35.0 Å². The van der Waals surface area contributed by atoms with Gasteiger partial charge >= 0.3 is 5.97 Å². The number of hydrogen-bond donors (Lipinski definition) is 1. The number of carbonyl (C=O) groups is 2. The standard InChI is InChI=1S/C13H19NO3/c1-9-3-2-6-14(8-9)12(15)10-4-5-11(7-10)13(16)17/h3,10-11H,2,4-8H2,1H3,(H,16,17)/t10-,11+/m1/s1. The van der Waals surface area contributed by atoms with Crippen molar-refractivity contribution in [1.29, 1.82) is 0 Å². The zero-order valence-electron chi connectivity index (χ0n) is 10.2. The molecule has 0 aromatic carbocycles. The highest BCUT2D eigenvalue weighted by molar-refractivity contribution is 5.81. The Bertz CT molecular complexity index is 362. The Balaban J connectivity index is 1.93. The number of carboxylic acid groups (broad SMARTS) is 1. The average molecular weight is 237 g/mol. The number of carboxylic acids is 1. The number of hydrogen-bond acceptors (Lipinski definition) is 2. The number of nitrogens with zero attached hydrogens (tertiary/aromatic N) is 1. The predicted octanol–water partition coefficient (Wildman–Crippen LogP) is 1.67. The summed E-state index contributed by atoms with van der Waals surface area (Å²) in [4.78, 5) is 25.0. The predicted molar refractivity (Wildman–Crippen MR) is 63.4 cm³/mol. The van der Waals surface area contributed by atoms with E-state index in [1.165, 1.54) is 5.57 Å². The molecular formula is C13H19NO3. The Hall–Kier alpha value is -1.32. The summed E-state index contributed by atoms with van der Waals surface area (Å²) < 4.78 is 0. The van der Waals surface area contributed by atoms with Crippen molar-refractivity contribution in [3.8, 4) is 0 Å². The summed E-state index contributed by atoms with van der Waals surface area (Å²) in [7, 11) is 0. The zero-order chi connectivity index (χ0) is 12.4. The minimum absolute atomic E-state index is 0.0676. The molecule has 94 valence electrons. The topological polar surface area (TPSA) is 57.6 Å². The SMILES string of the molecule is CC1=CCCN(C(=O)[C@@H]2CC[C@H](C(=O)O)C2)C1. The molecule has 0 unspecified atom stereocenters. The first-order valence-electron chi connectivity index (χ1n) is 6.25. The van der Waals surface area contributed by atoms with Gasteiger partial charge in [0.25, 0.3) is 0 Å². The van der Waals surface area contributed by atoms with E-state index in [1.54, 1.807) is 0 Å². The van der Waals surface area contributed by atoms with E-state index in [1.807, 2.05) is 11.8 Å². The lowest BCUT2D eigenvalue weighted by atomic mass is 10.0. The van der Waals surface area contributed by atoms with E-state index in [-0.39, 0.29) is 17.7 Å². The highest BCUT2D eigenvalue weighted by Gasteiger charge is 2.35. The summed E-state index contributed by atoms with van der Waals surface area (Å²) >= 11 is 0. The molecule has 2 aliphatic rings. The molecule has 0 radical (unpaired) electrons. The van der Waals surface area contributed by atoms with Gasteiger partial charge in [0, 0.05) is 19.0 Å². The van der Waals surface area contributed by atoms with Gasteiger partial charge in [0.15, 0.2) is 0 Å². The van der Waals surface area contributed by atoms with Crippen LogP contribution in [0.3, 0.4) is 0 Å². The third-order valence-corrected chi connectivity index (χ3v) is 3.77. The number of aliphatic carboxylic acids is 1. The molecule has 1 aliphatic carbocycles. The second kappa shape index (κ2) is 4.90. The normalized spacial score (nSPS) is 29.0. The van der Waals surface area contributed by atoms with Crippen molar-refractivity contribution in [1.82, 2.24) is 4.90 Å². The number of carbonyl (C=O) groups excluding carboxylic acids is 1. The van der Waals surface area contributed by atoms with Crippen LogP contribution in [0.15, 0.2) is 11.6 Å². The van der Waals surface area contributed by atoms with Crippen LogP contribution in [0, 0.1) is 11.8 Å². The summed E-state index contributed by atoms with van der Waals surface area (Å²) in [5.74, 6) is -0.983.